The number of fused-ring (bicyclic) bond motifs is 1. The number of nitrogens with zero attached hydrogens (tertiary/aromatic N) is 2. The van der Waals surface area contributed by atoms with Gasteiger partial charge in [0.2, 0.25) is 0 Å². The molecule has 0 radical (unpaired) electrons. The molecule has 0 saturated heterocycles. The van der Waals surface area contributed by atoms with Crippen LogP contribution in [0.25, 0.3) is 22.0 Å². The van der Waals surface area contributed by atoms with Gasteiger partial charge in [-0.15, -0.1) is 0 Å². The Hall–Kier alpha value is -2.89. The molecule has 0 fully saturated rings. The zero-order chi connectivity index (χ0) is 15.7. The van der Waals surface area contributed by atoms with Crippen molar-refractivity contribution in [3.05, 3.63) is 70.4 Å². The highest BCUT2D eigenvalue weighted by Gasteiger charge is 2.16. The van der Waals surface area contributed by atoms with Gasteiger partial charge in [-0.2, -0.15) is 0 Å². The van der Waals surface area contributed by atoms with E-state index in [1.807, 2.05) is 6.07 Å². The molecule has 0 aliphatic carbocycles. The van der Waals surface area contributed by atoms with E-state index in [2.05, 4.69) is 4.98 Å². The molecule has 3 rings (SSSR count). The summed E-state index contributed by atoms with van der Waals surface area (Å²) in [6, 6.07) is 14.2. The van der Waals surface area contributed by atoms with E-state index in [9.17, 15) is 18.9 Å². The summed E-state index contributed by atoms with van der Waals surface area (Å²) in [4.78, 5) is 14.3. The molecule has 6 heteroatoms. The fraction of sp³-hybridized carbons (Fsp3) is 0.0625. The summed E-state index contributed by atoms with van der Waals surface area (Å²) in [5, 5.41) is 11.4. The minimum Gasteiger partial charge on any atom is -0.258 e. The predicted octanol–water partition coefficient (Wildman–Crippen LogP) is 4.75. The number of pyridine rings is 1. The Morgan fingerprint density at radius 1 is 1.05 bits per heavy atom. The van der Waals surface area contributed by atoms with E-state index in [0.29, 0.717) is 22.0 Å². The molecule has 0 amide bonds. The Bertz CT molecular complexity index is 851. The highest BCUT2D eigenvalue weighted by Crippen LogP contribution is 2.33. The van der Waals surface area contributed by atoms with E-state index < -0.39 is 11.3 Å². The second kappa shape index (κ2) is 5.48. The fourth-order valence-corrected chi connectivity index (χ4v) is 2.32. The minimum absolute atomic E-state index is 0.101. The lowest BCUT2D eigenvalue weighted by Crippen LogP contribution is -1.95. The Kier molecular flexibility index (Phi) is 3.50. The van der Waals surface area contributed by atoms with Gasteiger partial charge in [-0.3, -0.25) is 10.1 Å². The first-order valence-corrected chi connectivity index (χ1v) is 6.49. The number of aromatic nitrogens is 1. The molecule has 0 atom stereocenters. The summed E-state index contributed by atoms with van der Waals surface area (Å²) < 4.78 is 26.1. The number of nitro benzene ring substituents is 1. The molecule has 0 spiro atoms. The summed E-state index contributed by atoms with van der Waals surface area (Å²) in [6.07, 6.45) is -2.71. The van der Waals surface area contributed by atoms with Gasteiger partial charge >= 0.3 is 0 Å². The predicted molar refractivity (Wildman–Crippen MR) is 78.8 cm³/mol. The number of hydrogen-bond donors (Lipinski definition) is 0. The van der Waals surface area contributed by atoms with Gasteiger partial charge in [0.25, 0.3) is 12.1 Å². The normalized spacial score (nSPS) is 11.0. The van der Waals surface area contributed by atoms with Crippen molar-refractivity contribution in [2.75, 3.05) is 0 Å². The second-order valence-electron chi connectivity index (χ2n) is 4.72. The molecule has 3 aromatic rings. The van der Waals surface area contributed by atoms with Crippen LogP contribution in [0.5, 0.6) is 0 Å². The molecule has 0 unspecified atom stereocenters. The van der Waals surface area contributed by atoms with Gasteiger partial charge in [-0.05, 0) is 23.3 Å². The summed E-state index contributed by atoms with van der Waals surface area (Å²) in [7, 11) is 0. The molecule has 4 nitrogen and oxygen atoms in total. The van der Waals surface area contributed by atoms with Crippen molar-refractivity contribution in [2.45, 2.75) is 6.43 Å². The van der Waals surface area contributed by atoms with Gasteiger partial charge in [0, 0.05) is 17.5 Å². The molecule has 0 aliphatic heterocycles. The highest BCUT2D eigenvalue weighted by molar-refractivity contribution is 5.96. The highest BCUT2D eigenvalue weighted by atomic mass is 19.3. The van der Waals surface area contributed by atoms with Crippen LogP contribution in [-0.4, -0.2) is 9.91 Å². The third-order valence-electron chi connectivity index (χ3n) is 3.33. The number of benzene rings is 2. The third kappa shape index (κ3) is 2.50. The molecule has 1 heterocycles. The molecule has 0 bridgehead atoms. The summed E-state index contributed by atoms with van der Waals surface area (Å²) in [5.74, 6) is 0. The Labute approximate surface area is 124 Å². The average molecular weight is 300 g/mol. The Morgan fingerprint density at radius 2 is 1.77 bits per heavy atom. The zero-order valence-corrected chi connectivity index (χ0v) is 11.2. The van der Waals surface area contributed by atoms with Crippen LogP contribution < -0.4 is 0 Å². The SMILES string of the molecule is O=[N+]([O-])c1ccc2nc(C(F)F)cc(-c3ccccc3)c2c1. The molecular weight excluding hydrogens is 290 g/mol. The van der Waals surface area contributed by atoms with Crippen molar-refractivity contribution in [3.8, 4) is 11.1 Å². The van der Waals surface area contributed by atoms with Gasteiger partial charge in [-0.25, -0.2) is 13.8 Å². The zero-order valence-electron chi connectivity index (χ0n) is 11.2. The van der Waals surface area contributed by atoms with E-state index >= 15 is 0 Å². The Balaban J connectivity index is 2.34. The van der Waals surface area contributed by atoms with Crippen molar-refractivity contribution in [3.63, 3.8) is 0 Å². The lowest BCUT2D eigenvalue weighted by atomic mass is 10.00. The van der Waals surface area contributed by atoms with E-state index in [-0.39, 0.29) is 11.4 Å². The number of halogens is 2. The third-order valence-corrected chi connectivity index (χ3v) is 3.33. The van der Waals surface area contributed by atoms with Crippen molar-refractivity contribution in [2.24, 2.45) is 0 Å². The maximum atomic E-state index is 13.0. The van der Waals surface area contributed by atoms with Crippen molar-refractivity contribution < 1.29 is 13.7 Å². The van der Waals surface area contributed by atoms with E-state index in [4.69, 9.17) is 0 Å². The van der Waals surface area contributed by atoms with Crippen LogP contribution in [0.1, 0.15) is 12.1 Å². The van der Waals surface area contributed by atoms with Crippen molar-refractivity contribution in [1.29, 1.82) is 0 Å². The molecule has 110 valence electrons. The topological polar surface area (TPSA) is 56.0 Å². The molecule has 1 aromatic heterocycles. The van der Waals surface area contributed by atoms with Gasteiger partial charge in [0.1, 0.15) is 5.69 Å². The van der Waals surface area contributed by atoms with Crippen LogP contribution in [0.3, 0.4) is 0 Å². The van der Waals surface area contributed by atoms with Crippen LogP contribution in [-0.2, 0) is 0 Å². The molecule has 0 saturated carbocycles. The van der Waals surface area contributed by atoms with E-state index in [0.717, 1.165) is 0 Å². The number of alkyl halides is 2. The molecule has 2 aromatic carbocycles. The summed E-state index contributed by atoms with van der Waals surface area (Å²) >= 11 is 0. The largest absolute Gasteiger partial charge is 0.280 e. The standard InChI is InChI=1S/C16H10F2N2O2/c17-16(18)15-9-12(10-4-2-1-3-5-10)13-8-11(20(21)22)6-7-14(13)19-15/h1-9,16H. The number of rotatable bonds is 3. The maximum absolute atomic E-state index is 13.0. The number of hydrogen-bond acceptors (Lipinski definition) is 3. The smallest absolute Gasteiger partial charge is 0.258 e. The number of non-ortho nitro benzene ring substituents is 1. The quantitative estimate of drug-likeness (QED) is 0.518. The van der Waals surface area contributed by atoms with Crippen LogP contribution in [0.15, 0.2) is 54.6 Å². The monoisotopic (exact) mass is 300 g/mol. The summed E-state index contributed by atoms with van der Waals surface area (Å²) in [5.41, 5.74) is 1.07. The van der Waals surface area contributed by atoms with Gasteiger partial charge in [-0.1, -0.05) is 30.3 Å². The van der Waals surface area contributed by atoms with Gasteiger partial charge in [0.15, 0.2) is 0 Å². The first-order chi connectivity index (χ1) is 10.6. The molecule has 0 aliphatic rings. The van der Waals surface area contributed by atoms with Crippen molar-refractivity contribution >= 4 is 16.6 Å². The second-order valence-corrected chi connectivity index (χ2v) is 4.72. The van der Waals surface area contributed by atoms with Crippen LogP contribution in [0.4, 0.5) is 14.5 Å². The van der Waals surface area contributed by atoms with Crippen LogP contribution in [0, 0.1) is 10.1 Å². The van der Waals surface area contributed by atoms with Crippen LogP contribution in [0.2, 0.25) is 0 Å². The lowest BCUT2D eigenvalue weighted by molar-refractivity contribution is -0.384. The van der Waals surface area contributed by atoms with E-state index in [1.54, 1.807) is 24.3 Å². The summed E-state index contributed by atoms with van der Waals surface area (Å²) in [6.45, 7) is 0. The average Bonchev–Trinajstić information content (AvgIpc) is 2.54. The first-order valence-electron chi connectivity index (χ1n) is 6.49. The van der Waals surface area contributed by atoms with E-state index in [1.165, 1.54) is 24.3 Å². The lowest BCUT2D eigenvalue weighted by Gasteiger charge is -2.09. The molecule has 22 heavy (non-hydrogen) atoms. The molecular formula is C16H10F2N2O2. The van der Waals surface area contributed by atoms with Gasteiger partial charge in [0.05, 0.1) is 10.4 Å². The van der Waals surface area contributed by atoms with Gasteiger partial charge < -0.3 is 0 Å². The first kappa shape index (κ1) is 14.1. The fourth-order valence-electron chi connectivity index (χ4n) is 2.32. The maximum Gasteiger partial charge on any atom is 0.280 e. The minimum atomic E-state index is -2.71. The van der Waals surface area contributed by atoms with Crippen LogP contribution >= 0.6 is 0 Å². The van der Waals surface area contributed by atoms with Crippen molar-refractivity contribution in [1.82, 2.24) is 4.98 Å². The number of nitro groups is 1. The molecule has 0 N–H and O–H groups in total. The Morgan fingerprint density at radius 3 is 2.41 bits per heavy atom.